The summed E-state index contributed by atoms with van der Waals surface area (Å²) in [6.07, 6.45) is -8.46. The Bertz CT molecular complexity index is 62.6. The van der Waals surface area contributed by atoms with E-state index in [1.54, 1.807) is 0 Å². The third kappa shape index (κ3) is 5.65. The van der Waals surface area contributed by atoms with Gasteiger partial charge >= 0.3 is 6.18 Å². The van der Waals surface area contributed by atoms with Crippen molar-refractivity contribution in [2.75, 3.05) is 0 Å². The van der Waals surface area contributed by atoms with E-state index in [1.165, 1.54) is 0 Å². The van der Waals surface area contributed by atoms with E-state index in [1.807, 2.05) is 0 Å². The first-order valence-electron chi connectivity index (χ1n) is 1.54. The molecule has 0 aromatic heterocycles. The Labute approximate surface area is 42.3 Å². The van der Waals surface area contributed by atoms with Crippen molar-refractivity contribution in [1.82, 2.24) is 0 Å². The minimum atomic E-state index is -4.98. The van der Waals surface area contributed by atoms with Gasteiger partial charge in [0.05, 0.1) is 0 Å². The molecule has 0 amide bonds. The number of halogens is 5. The maximum Gasteiger partial charge on any atom is 0.402 e. The summed E-state index contributed by atoms with van der Waals surface area (Å²) in [6, 6.07) is 0. The molecule has 0 N–H and O–H groups in total. The van der Waals surface area contributed by atoms with E-state index in [4.69, 9.17) is 0 Å². The molecule has 0 unspecified atom stereocenters. The lowest BCUT2D eigenvalue weighted by Crippen LogP contribution is -2.13. The second kappa shape index (κ2) is 2.28. The maximum atomic E-state index is 10.7. The molecular weight excluding hydrogens is 131 g/mol. The lowest BCUT2D eigenvalue weighted by molar-refractivity contribution is -0.113. The largest absolute Gasteiger partial charge is 0.402 e. The lowest BCUT2D eigenvalue weighted by Gasteiger charge is -2.00. The highest BCUT2D eigenvalue weighted by Crippen LogP contribution is 2.21. The molecule has 0 rings (SSSR count). The van der Waals surface area contributed by atoms with Crippen LogP contribution in [0.25, 0.3) is 0 Å². The van der Waals surface area contributed by atoms with E-state index < -0.39 is 12.6 Å². The van der Waals surface area contributed by atoms with Crippen molar-refractivity contribution < 1.29 is 22.0 Å². The molecule has 0 heterocycles. The summed E-state index contributed by atoms with van der Waals surface area (Å²) in [5.41, 5.74) is 0. The molecule has 2 radical (unpaired) electrons. The van der Waals surface area contributed by atoms with Crippen LogP contribution in [0.2, 0.25) is 0 Å². The number of rotatable bonds is 1. The van der Waals surface area contributed by atoms with Crippen molar-refractivity contribution in [3.8, 4) is 0 Å². The highest BCUT2D eigenvalue weighted by molar-refractivity contribution is 4.76. The maximum absolute atomic E-state index is 10.7. The molecule has 0 bridgehead atoms. The summed E-state index contributed by atoms with van der Waals surface area (Å²) in [7, 11) is 0. The molecule has 5 heteroatoms. The third-order valence-electron chi connectivity index (χ3n) is 0.273. The second-order valence-electron chi connectivity index (χ2n) is 0.943. The van der Waals surface area contributed by atoms with Crippen LogP contribution in [0.4, 0.5) is 22.0 Å². The molecule has 0 spiro atoms. The van der Waals surface area contributed by atoms with Gasteiger partial charge in [-0.2, -0.15) is 13.2 Å². The van der Waals surface area contributed by atoms with E-state index in [-0.39, 0.29) is 6.42 Å². The zero-order chi connectivity index (χ0) is 6.78. The average molecular weight is 132 g/mol. The SMILES string of the molecule is FC(F)[C]C(F)(F)F. The monoisotopic (exact) mass is 132 g/mol. The van der Waals surface area contributed by atoms with Gasteiger partial charge in [0.1, 0.15) is 0 Å². The minimum absolute atomic E-state index is 0.0486. The molecule has 0 nitrogen and oxygen atoms in total. The summed E-state index contributed by atoms with van der Waals surface area (Å²) >= 11 is 0. The van der Waals surface area contributed by atoms with Gasteiger partial charge in [0.25, 0.3) is 6.43 Å². The van der Waals surface area contributed by atoms with E-state index >= 15 is 0 Å². The zero-order valence-electron chi connectivity index (χ0n) is 3.47. The van der Waals surface area contributed by atoms with E-state index in [0.717, 1.165) is 0 Å². The van der Waals surface area contributed by atoms with Gasteiger partial charge in [-0.15, -0.1) is 0 Å². The average Bonchev–Trinajstić information content (AvgIpc) is 1.21. The second-order valence-corrected chi connectivity index (χ2v) is 0.943. The van der Waals surface area contributed by atoms with Crippen molar-refractivity contribution in [1.29, 1.82) is 0 Å². The van der Waals surface area contributed by atoms with Gasteiger partial charge < -0.3 is 0 Å². The first-order chi connectivity index (χ1) is 3.42. The smallest absolute Gasteiger partial charge is 0.209 e. The van der Waals surface area contributed by atoms with Crippen LogP contribution in [-0.4, -0.2) is 12.6 Å². The Morgan fingerprint density at radius 1 is 1.12 bits per heavy atom. The summed E-state index contributed by atoms with van der Waals surface area (Å²) in [4.78, 5) is 0. The summed E-state index contributed by atoms with van der Waals surface area (Å²) < 4.78 is 53.5. The number of alkyl halides is 5. The predicted molar refractivity (Wildman–Crippen MR) is 15.3 cm³/mol. The summed E-state index contributed by atoms with van der Waals surface area (Å²) in [6.45, 7) is 0. The van der Waals surface area contributed by atoms with Crippen LogP contribution in [-0.2, 0) is 0 Å². The molecule has 48 valence electrons. The molecule has 8 heavy (non-hydrogen) atoms. The highest BCUT2D eigenvalue weighted by atomic mass is 19.4. The summed E-state index contributed by atoms with van der Waals surface area (Å²) in [5.74, 6) is 0. The Morgan fingerprint density at radius 3 is 1.50 bits per heavy atom. The molecule has 0 saturated heterocycles. The van der Waals surface area contributed by atoms with Gasteiger partial charge in [-0.05, 0) is 0 Å². The van der Waals surface area contributed by atoms with E-state index in [2.05, 4.69) is 0 Å². The van der Waals surface area contributed by atoms with E-state index in [0.29, 0.717) is 0 Å². The number of hydrogen-bond donors (Lipinski definition) is 0. The van der Waals surface area contributed by atoms with Crippen molar-refractivity contribution in [2.45, 2.75) is 12.6 Å². The van der Waals surface area contributed by atoms with Gasteiger partial charge in [0, 0.05) is 0 Å². The Kier molecular flexibility index (Phi) is 2.18. The van der Waals surface area contributed by atoms with Crippen molar-refractivity contribution in [3.05, 3.63) is 6.42 Å². The first kappa shape index (κ1) is 7.65. The Hall–Kier alpha value is -0.350. The Balaban J connectivity index is 3.39. The molecule has 0 aromatic rings. The van der Waals surface area contributed by atoms with Gasteiger partial charge in [-0.1, -0.05) is 0 Å². The first-order valence-corrected chi connectivity index (χ1v) is 1.54. The van der Waals surface area contributed by atoms with Crippen molar-refractivity contribution >= 4 is 0 Å². The quantitative estimate of drug-likeness (QED) is 0.478. The molecule has 0 saturated carbocycles. The fourth-order valence-electron chi connectivity index (χ4n) is 0.124. The normalized spacial score (nSPS) is 12.8. The van der Waals surface area contributed by atoms with E-state index in [9.17, 15) is 22.0 Å². The van der Waals surface area contributed by atoms with Gasteiger partial charge in [0.2, 0.25) is 0 Å². The third-order valence-corrected chi connectivity index (χ3v) is 0.273. The lowest BCUT2D eigenvalue weighted by atomic mass is 10.4. The topological polar surface area (TPSA) is 0 Å². The molecule has 0 aromatic carbocycles. The zero-order valence-corrected chi connectivity index (χ0v) is 3.47. The fraction of sp³-hybridized carbons (Fsp3) is 0.667. The van der Waals surface area contributed by atoms with Gasteiger partial charge in [0.15, 0.2) is 6.42 Å². The van der Waals surface area contributed by atoms with Crippen LogP contribution < -0.4 is 0 Å². The van der Waals surface area contributed by atoms with Crippen LogP contribution in [0.15, 0.2) is 0 Å². The molecule has 0 atom stereocenters. The Morgan fingerprint density at radius 2 is 1.50 bits per heavy atom. The number of hydrogen-bond acceptors (Lipinski definition) is 0. The molecule has 0 fully saturated rings. The van der Waals surface area contributed by atoms with Crippen LogP contribution in [0.5, 0.6) is 0 Å². The molecule has 0 aliphatic heterocycles. The van der Waals surface area contributed by atoms with Crippen LogP contribution in [0.3, 0.4) is 0 Å². The molecule has 0 aliphatic rings. The van der Waals surface area contributed by atoms with Crippen LogP contribution >= 0.6 is 0 Å². The highest BCUT2D eigenvalue weighted by Gasteiger charge is 2.33. The summed E-state index contributed by atoms with van der Waals surface area (Å²) in [5, 5.41) is 0. The standard InChI is InChI=1S/C3HF5/c4-2(5)1-3(6,7)8/h2H. The van der Waals surface area contributed by atoms with Crippen LogP contribution in [0, 0.1) is 6.42 Å². The fourth-order valence-corrected chi connectivity index (χ4v) is 0.124. The minimum Gasteiger partial charge on any atom is -0.209 e. The molecule has 0 aliphatic carbocycles. The predicted octanol–water partition coefficient (Wildman–Crippen LogP) is 1.90. The molecular formula is C3HF5. The van der Waals surface area contributed by atoms with Crippen molar-refractivity contribution in [2.24, 2.45) is 0 Å². The van der Waals surface area contributed by atoms with Gasteiger partial charge in [-0.25, -0.2) is 8.78 Å². The van der Waals surface area contributed by atoms with Crippen LogP contribution in [0.1, 0.15) is 0 Å². The van der Waals surface area contributed by atoms with Gasteiger partial charge in [-0.3, -0.25) is 0 Å². The van der Waals surface area contributed by atoms with Crippen molar-refractivity contribution in [3.63, 3.8) is 0 Å².